The van der Waals surface area contributed by atoms with Gasteiger partial charge in [0.15, 0.2) is 0 Å². The van der Waals surface area contributed by atoms with Crippen molar-refractivity contribution in [3.05, 3.63) is 0 Å². The van der Waals surface area contributed by atoms with Gasteiger partial charge in [-0.05, 0) is 20.9 Å². The van der Waals surface area contributed by atoms with E-state index >= 15 is 0 Å². The quantitative estimate of drug-likeness (QED) is 0.603. The van der Waals surface area contributed by atoms with Crippen molar-refractivity contribution in [2.45, 2.75) is 19.9 Å². The number of terminal acetylenes is 1. The monoisotopic (exact) mass is 168 g/mol. The number of amides is 1. The van der Waals surface area contributed by atoms with Gasteiger partial charge in [0, 0.05) is 6.04 Å². The van der Waals surface area contributed by atoms with Crippen molar-refractivity contribution >= 4 is 5.91 Å². The molecular formula is C9H16N2O. The van der Waals surface area contributed by atoms with Crippen LogP contribution in [0.3, 0.4) is 0 Å². The van der Waals surface area contributed by atoms with Crippen LogP contribution in [0.25, 0.3) is 0 Å². The van der Waals surface area contributed by atoms with Crippen LogP contribution in [0.1, 0.15) is 13.8 Å². The molecule has 0 unspecified atom stereocenters. The summed E-state index contributed by atoms with van der Waals surface area (Å²) in [4.78, 5) is 13.0. The zero-order chi connectivity index (χ0) is 9.56. The number of hydrogen-bond donors (Lipinski definition) is 1. The van der Waals surface area contributed by atoms with E-state index in [4.69, 9.17) is 6.42 Å². The number of likely N-dealkylation sites (N-methyl/N-ethyl adjacent to an activating group) is 1. The summed E-state index contributed by atoms with van der Waals surface area (Å²) in [6.07, 6.45) is 4.99. The van der Waals surface area contributed by atoms with Gasteiger partial charge in [0.25, 0.3) is 0 Å². The molecule has 0 spiro atoms. The van der Waals surface area contributed by atoms with E-state index < -0.39 is 0 Å². The molecule has 0 aliphatic carbocycles. The maximum absolute atomic E-state index is 11.1. The molecule has 0 saturated carbocycles. The second-order valence-corrected chi connectivity index (χ2v) is 2.99. The standard InChI is InChI=1S/C9H16N2O/c1-5-6-10-9(12)7-11(4)8(2)3/h1,8H,6-7H2,2-4H3,(H,10,12). The van der Waals surface area contributed by atoms with Crippen molar-refractivity contribution in [1.82, 2.24) is 10.2 Å². The highest BCUT2D eigenvalue weighted by Crippen LogP contribution is 1.91. The van der Waals surface area contributed by atoms with Gasteiger partial charge < -0.3 is 5.32 Å². The summed E-state index contributed by atoms with van der Waals surface area (Å²) in [5, 5.41) is 2.60. The van der Waals surface area contributed by atoms with Gasteiger partial charge >= 0.3 is 0 Å². The van der Waals surface area contributed by atoms with E-state index in [0.717, 1.165) is 0 Å². The summed E-state index contributed by atoms with van der Waals surface area (Å²) < 4.78 is 0. The van der Waals surface area contributed by atoms with Crippen molar-refractivity contribution in [2.75, 3.05) is 20.1 Å². The lowest BCUT2D eigenvalue weighted by Gasteiger charge is -2.19. The third-order valence-corrected chi connectivity index (χ3v) is 1.66. The molecule has 0 atom stereocenters. The predicted octanol–water partition coefficient (Wildman–Crippen LogP) is 0.0760. The van der Waals surface area contributed by atoms with E-state index in [0.29, 0.717) is 19.1 Å². The van der Waals surface area contributed by atoms with E-state index in [1.807, 2.05) is 25.8 Å². The molecule has 0 fully saturated rings. The Kier molecular flexibility index (Phi) is 5.14. The summed E-state index contributed by atoms with van der Waals surface area (Å²) in [7, 11) is 1.90. The van der Waals surface area contributed by atoms with Crippen molar-refractivity contribution in [1.29, 1.82) is 0 Å². The van der Waals surface area contributed by atoms with Gasteiger partial charge in [-0.2, -0.15) is 0 Å². The average Bonchev–Trinajstić information content (AvgIpc) is 2.00. The summed E-state index contributed by atoms with van der Waals surface area (Å²) in [6.45, 7) is 4.78. The van der Waals surface area contributed by atoms with Crippen molar-refractivity contribution in [2.24, 2.45) is 0 Å². The molecule has 0 aromatic rings. The number of nitrogens with zero attached hydrogens (tertiary/aromatic N) is 1. The van der Waals surface area contributed by atoms with Crippen LogP contribution < -0.4 is 5.32 Å². The zero-order valence-electron chi connectivity index (χ0n) is 7.92. The lowest BCUT2D eigenvalue weighted by atomic mass is 10.3. The number of carbonyl (C=O) groups is 1. The highest BCUT2D eigenvalue weighted by atomic mass is 16.2. The van der Waals surface area contributed by atoms with Crippen molar-refractivity contribution in [3.8, 4) is 12.3 Å². The summed E-state index contributed by atoms with van der Waals surface area (Å²) in [5.74, 6) is 2.33. The molecule has 0 heterocycles. The number of rotatable bonds is 4. The third-order valence-electron chi connectivity index (χ3n) is 1.66. The Balaban J connectivity index is 3.63. The minimum Gasteiger partial charge on any atom is -0.344 e. The fourth-order valence-corrected chi connectivity index (χ4v) is 0.615. The fraction of sp³-hybridized carbons (Fsp3) is 0.667. The van der Waals surface area contributed by atoms with Crippen molar-refractivity contribution < 1.29 is 4.79 Å². The largest absolute Gasteiger partial charge is 0.344 e. The third kappa shape index (κ3) is 4.75. The van der Waals surface area contributed by atoms with E-state index in [1.165, 1.54) is 0 Å². The molecule has 1 N–H and O–H groups in total. The molecule has 1 amide bonds. The number of carbonyl (C=O) groups excluding carboxylic acids is 1. The Morgan fingerprint density at radius 2 is 2.25 bits per heavy atom. The molecule has 0 aliphatic rings. The zero-order valence-corrected chi connectivity index (χ0v) is 7.92. The van der Waals surface area contributed by atoms with Gasteiger partial charge in [-0.3, -0.25) is 9.69 Å². The predicted molar refractivity (Wildman–Crippen MR) is 49.6 cm³/mol. The molecule has 12 heavy (non-hydrogen) atoms. The molecule has 0 bridgehead atoms. The maximum Gasteiger partial charge on any atom is 0.234 e. The van der Waals surface area contributed by atoms with Gasteiger partial charge in [0.05, 0.1) is 13.1 Å². The van der Waals surface area contributed by atoms with Gasteiger partial charge in [-0.25, -0.2) is 0 Å². The first kappa shape index (κ1) is 11.0. The van der Waals surface area contributed by atoms with Crippen LogP contribution in [0.5, 0.6) is 0 Å². The number of hydrogen-bond acceptors (Lipinski definition) is 2. The molecule has 3 heteroatoms. The molecule has 0 rings (SSSR count). The fourth-order valence-electron chi connectivity index (χ4n) is 0.615. The average molecular weight is 168 g/mol. The Labute approximate surface area is 74.1 Å². The lowest BCUT2D eigenvalue weighted by molar-refractivity contribution is -0.122. The second-order valence-electron chi connectivity index (χ2n) is 2.99. The first-order valence-electron chi connectivity index (χ1n) is 3.98. The molecule has 0 radical (unpaired) electrons. The molecule has 0 aromatic carbocycles. The SMILES string of the molecule is C#CCNC(=O)CN(C)C(C)C. The second kappa shape index (κ2) is 5.62. The van der Waals surface area contributed by atoms with E-state index in [9.17, 15) is 4.79 Å². The number of nitrogens with one attached hydrogen (secondary N) is 1. The molecule has 3 nitrogen and oxygen atoms in total. The van der Waals surface area contributed by atoms with Gasteiger partial charge in [0.2, 0.25) is 5.91 Å². The van der Waals surface area contributed by atoms with E-state index in [1.54, 1.807) is 0 Å². The minimum absolute atomic E-state index is 0.0239. The molecule has 0 aromatic heterocycles. The van der Waals surface area contributed by atoms with Crippen LogP contribution in [-0.2, 0) is 4.79 Å². The van der Waals surface area contributed by atoms with Crippen LogP contribution in [0.2, 0.25) is 0 Å². The van der Waals surface area contributed by atoms with Crippen LogP contribution in [0.4, 0.5) is 0 Å². The lowest BCUT2D eigenvalue weighted by Crippen LogP contribution is -2.38. The first-order chi connectivity index (χ1) is 5.57. The highest BCUT2D eigenvalue weighted by Gasteiger charge is 2.07. The van der Waals surface area contributed by atoms with Gasteiger partial charge in [0.1, 0.15) is 0 Å². The van der Waals surface area contributed by atoms with Crippen molar-refractivity contribution in [3.63, 3.8) is 0 Å². The maximum atomic E-state index is 11.1. The Hall–Kier alpha value is -1.01. The molecule has 0 aliphatic heterocycles. The Morgan fingerprint density at radius 1 is 1.67 bits per heavy atom. The first-order valence-corrected chi connectivity index (χ1v) is 3.98. The van der Waals surface area contributed by atoms with Crippen LogP contribution in [0, 0.1) is 12.3 Å². The summed E-state index contributed by atoms with van der Waals surface area (Å²) in [6, 6.07) is 0.376. The van der Waals surface area contributed by atoms with Crippen LogP contribution in [0.15, 0.2) is 0 Å². The highest BCUT2D eigenvalue weighted by molar-refractivity contribution is 5.78. The van der Waals surface area contributed by atoms with Gasteiger partial charge in [-0.15, -0.1) is 6.42 Å². The van der Waals surface area contributed by atoms with Crippen LogP contribution in [-0.4, -0.2) is 37.0 Å². The minimum atomic E-state index is -0.0239. The molecule has 0 saturated heterocycles. The van der Waals surface area contributed by atoms with E-state index in [-0.39, 0.29) is 5.91 Å². The normalized spacial score (nSPS) is 10.0. The summed E-state index contributed by atoms with van der Waals surface area (Å²) in [5.41, 5.74) is 0. The Bertz CT molecular complexity index is 181. The molecular weight excluding hydrogens is 152 g/mol. The smallest absolute Gasteiger partial charge is 0.234 e. The topological polar surface area (TPSA) is 32.3 Å². The Morgan fingerprint density at radius 3 is 2.67 bits per heavy atom. The molecule has 68 valence electrons. The van der Waals surface area contributed by atoms with Gasteiger partial charge in [-0.1, -0.05) is 5.92 Å². The summed E-state index contributed by atoms with van der Waals surface area (Å²) >= 11 is 0. The van der Waals surface area contributed by atoms with E-state index in [2.05, 4.69) is 11.2 Å². The van der Waals surface area contributed by atoms with Crippen LogP contribution >= 0.6 is 0 Å².